The van der Waals surface area contributed by atoms with Crippen molar-refractivity contribution in [2.24, 2.45) is 0 Å². The normalized spacial score (nSPS) is 10.7. The van der Waals surface area contributed by atoms with E-state index < -0.39 is 16.0 Å². The largest absolute Gasteiger partial charge is 0.381 e. The molecule has 0 atom stereocenters. The first kappa shape index (κ1) is 15.5. The number of non-ortho nitro benzene ring substituents is 1. The number of nitrogens with one attached hydrogen (secondary N) is 3. The van der Waals surface area contributed by atoms with Gasteiger partial charge in [-0.2, -0.15) is 0 Å². The minimum Gasteiger partial charge on any atom is -0.381 e. The minimum atomic E-state index is -0.847. The molecule has 8 heteroatoms. The van der Waals surface area contributed by atoms with E-state index in [2.05, 4.69) is 15.3 Å². The Hall–Kier alpha value is -3.42. The third kappa shape index (κ3) is 3.02. The van der Waals surface area contributed by atoms with Crippen molar-refractivity contribution >= 4 is 22.4 Å². The number of fused-ring (bicyclic) bond motifs is 1. The predicted molar refractivity (Wildman–Crippen MR) is 90.3 cm³/mol. The summed E-state index contributed by atoms with van der Waals surface area (Å²) in [6.07, 6.45) is 0. The summed E-state index contributed by atoms with van der Waals surface area (Å²) in [4.78, 5) is 38.4. The van der Waals surface area contributed by atoms with Crippen LogP contribution in [0.25, 0.3) is 11.0 Å². The van der Waals surface area contributed by atoms with Gasteiger partial charge in [0.1, 0.15) is 0 Å². The maximum Gasteiger partial charge on any atom is 0.314 e. The van der Waals surface area contributed by atoms with E-state index in [1.54, 1.807) is 0 Å². The number of nitrogens with zero attached hydrogens (tertiary/aromatic N) is 1. The van der Waals surface area contributed by atoms with Gasteiger partial charge in [0.25, 0.3) is 5.69 Å². The smallest absolute Gasteiger partial charge is 0.314 e. The van der Waals surface area contributed by atoms with Gasteiger partial charge in [0.05, 0.1) is 16.0 Å². The second kappa shape index (κ2) is 5.99. The molecule has 122 valence electrons. The molecule has 1 aromatic heterocycles. The van der Waals surface area contributed by atoms with Crippen molar-refractivity contribution in [3.05, 3.63) is 78.3 Å². The van der Waals surface area contributed by atoms with E-state index in [4.69, 9.17) is 0 Å². The highest BCUT2D eigenvalue weighted by Crippen LogP contribution is 2.22. The molecule has 0 saturated heterocycles. The molecule has 0 spiro atoms. The quantitative estimate of drug-likeness (QED) is 0.385. The Morgan fingerprint density at radius 1 is 1.08 bits per heavy atom. The van der Waals surface area contributed by atoms with E-state index >= 15 is 0 Å². The molecule has 3 N–H and O–H groups in total. The van der Waals surface area contributed by atoms with Crippen molar-refractivity contribution in [1.29, 1.82) is 0 Å². The molecule has 0 saturated carbocycles. The molecule has 2 aromatic carbocycles. The number of H-pyrrole nitrogens is 2. The third-order valence-electron chi connectivity index (χ3n) is 3.64. The number of aromatic amines is 2. The second-order valence-corrected chi connectivity index (χ2v) is 5.41. The SMILES string of the molecule is Cc1ccc(NCc2cc([N+](=O)[O-])cc3[nH]c(=O)c(=O)[nH]c23)cc1. The van der Waals surface area contributed by atoms with Gasteiger partial charge in [-0.1, -0.05) is 17.7 Å². The molecule has 0 fully saturated rings. The predicted octanol–water partition coefficient (Wildman–Crippen LogP) is 2.05. The topological polar surface area (TPSA) is 121 Å². The van der Waals surface area contributed by atoms with Crippen LogP contribution in [0.1, 0.15) is 11.1 Å². The number of rotatable bonds is 4. The number of nitro benzene ring substituents is 1. The van der Waals surface area contributed by atoms with Gasteiger partial charge in [-0.25, -0.2) is 0 Å². The summed E-state index contributed by atoms with van der Waals surface area (Å²) in [6.45, 7) is 2.22. The summed E-state index contributed by atoms with van der Waals surface area (Å²) in [5.41, 5.74) is 1.24. The number of aryl methyl sites for hydroxylation is 1. The number of aromatic nitrogens is 2. The molecular weight excluding hydrogens is 312 g/mol. The minimum absolute atomic E-state index is 0.161. The van der Waals surface area contributed by atoms with Crippen LogP contribution in [0.4, 0.5) is 11.4 Å². The lowest BCUT2D eigenvalue weighted by atomic mass is 10.1. The lowest BCUT2D eigenvalue weighted by molar-refractivity contribution is -0.384. The van der Waals surface area contributed by atoms with Crippen molar-refractivity contribution in [2.75, 3.05) is 5.32 Å². The van der Waals surface area contributed by atoms with Crippen LogP contribution < -0.4 is 16.4 Å². The highest BCUT2D eigenvalue weighted by Gasteiger charge is 2.13. The zero-order chi connectivity index (χ0) is 17.3. The van der Waals surface area contributed by atoms with Crippen LogP contribution in [0.3, 0.4) is 0 Å². The first-order valence-corrected chi connectivity index (χ1v) is 7.18. The summed E-state index contributed by atoms with van der Waals surface area (Å²) in [7, 11) is 0. The first-order chi connectivity index (χ1) is 11.4. The van der Waals surface area contributed by atoms with Gasteiger partial charge in [0, 0.05) is 29.9 Å². The van der Waals surface area contributed by atoms with E-state index in [-0.39, 0.29) is 17.7 Å². The van der Waals surface area contributed by atoms with E-state index in [0.717, 1.165) is 11.3 Å². The Bertz CT molecular complexity index is 1030. The molecular formula is C16H14N4O4. The van der Waals surface area contributed by atoms with Crippen LogP contribution in [0, 0.1) is 17.0 Å². The van der Waals surface area contributed by atoms with Gasteiger partial charge in [0.2, 0.25) is 0 Å². The van der Waals surface area contributed by atoms with Gasteiger partial charge in [-0.15, -0.1) is 0 Å². The van der Waals surface area contributed by atoms with E-state index in [0.29, 0.717) is 11.1 Å². The van der Waals surface area contributed by atoms with E-state index in [1.807, 2.05) is 31.2 Å². The zero-order valence-electron chi connectivity index (χ0n) is 12.8. The summed E-state index contributed by atoms with van der Waals surface area (Å²) in [6, 6.07) is 10.2. The lowest BCUT2D eigenvalue weighted by Crippen LogP contribution is -2.29. The Morgan fingerprint density at radius 2 is 1.75 bits per heavy atom. The average molecular weight is 326 g/mol. The summed E-state index contributed by atoms with van der Waals surface area (Å²) in [5, 5.41) is 14.2. The van der Waals surface area contributed by atoms with Crippen LogP contribution in [0.5, 0.6) is 0 Å². The molecule has 24 heavy (non-hydrogen) atoms. The fourth-order valence-corrected chi connectivity index (χ4v) is 2.39. The van der Waals surface area contributed by atoms with Crippen molar-refractivity contribution < 1.29 is 4.92 Å². The summed E-state index contributed by atoms with van der Waals surface area (Å²) < 4.78 is 0. The van der Waals surface area contributed by atoms with Crippen LogP contribution >= 0.6 is 0 Å². The summed E-state index contributed by atoms with van der Waals surface area (Å²) >= 11 is 0. The highest BCUT2D eigenvalue weighted by atomic mass is 16.6. The molecule has 0 aliphatic rings. The van der Waals surface area contributed by atoms with Crippen molar-refractivity contribution in [2.45, 2.75) is 13.5 Å². The molecule has 0 amide bonds. The molecule has 3 aromatic rings. The second-order valence-electron chi connectivity index (χ2n) is 5.41. The molecule has 0 unspecified atom stereocenters. The maximum atomic E-state index is 11.6. The Morgan fingerprint density at radius 3 is 2.42 bits per heavy atom. The fourth-order valence-electron chi connectivity index (χ4n) is 2.39. The molecule has 8 nitrogen and oxygen atoms in total. The lowest BCUT2D eigenvalue weighted by Gasteiger charge is -2.09. The number of benzene rings is 2. The number of hydrogen-bond donors (Lipinski definition) is 3. The van der Waals surface area contributed by atoms with Gasteiger partial charge < -0.3 is 15.3 Å². The van der Waals surface area contributed by atoms with Crippen molar-refractivity contribution in [3.8, 4) is 0 Å². The first-order valence-electron chi connectivity index (χ1n) is 7.18. The third-order valence-corrected chi connectivity index (χ3v) is 3.64. The number of nitro groups is 1. The molecule has 0 aliphatic heterocycles. The molecule has 0 radical (unpaired) electrons. The number of hydrogen-bond acceptors (Lipinski definition) is 5. The standard InChI is InChI=1S/C16H14N4O4/c1-9-2-4-11(5-3-9)17-8-10-6-12(20(23)24)7-13-14(10)19-16(22)15(21)18-13/h2-7,17H,8H2,1H3,(H,18,21)(H,19,22). The molecule has 0 aliphatic carbocycles. The van der Waals surface area contributed by atoms with E-state index in [1.165, 1.54) is 12.1 Å². The molecule has 1 heterocycles. The van der Waals surface area contributed by atoms with Gasteiger partial charge in [-0.05, 0) is 19.1 Å². The zero-order valence-corrected chi connectivity index (χ0v) is 12.8. The van der Waals surface area contributed by atoms with Gasteiger partial charge in [0.15, 0.2) is 0 Å². The summed E-state index contributed by atoms with van der Waals surface area (Å²) in [5.74, 6) is 0. The average Bonchev–Trinajstić information content (AvgIpc) is 2.55. The maximum absolute atomic E-state index is 11.6. The van der Waals surface area contributed by atoms with Crippen molar-refractivity contribution in [3.63, 3.8) is 0 Å². The van der Waals surface area contributed by atoms with Gasteiger partial charge in [-0.3, -0.25) is 19.7 Å². The highest BCUT2D eigenvalue weighted by molar-refractivity contribution is 5.80. The monoisotopic (exact) mass is 326 g/mol. The molecule has 3 rings (SSSR count). The number of anilines is 1. The van der Waals surface area contributed by atoms with Crippen LogP contribution in [-0.4, -0.2) is 14.9 Å². The Labute approximate surface area is 135 Å². The van der Waals surface area contributed by atoms with Crippen LogP contribution in [-0.2, 0) is 6.54 Å². The van der Waals surface area contributed by atoms with Crippen LogP contribution in [0.2, 0.25) is 0 Å². The molecule has 0 bridgehead atoms. The van der Waals surface area contributed by atoms with Crippen LogP contribution in [0.15, 0.2) is 46.0 Å². The van der Waals surface area contributed by atoms with Crippen molar-refractivity contribution in [1.82, 2.24) is 9.97 Å². The van der Waals surface area contributed by atoms with Gasteiger partial charge >= 0.3 is 11.1 Å². The Kier molecular flexibility index (Phi) is 3.87. The fraction of sp³-hybridized carbons (Fsp3) is 0.125. The Balaban J connectivity index is 2.05. The van der Waals surface area contributed by atoms with E-state index in [9.17, 15) is 19.7 Å².